The molecule has 2 amide bonds. The van der Waals surface area contributed by atoms with Gasteiger partial charge in [-0.25, -0.2) is 0 Å². The Morgan fingerprint density at radius 2 is 1.92 bits per heavy atom. The number of benzene rings is 2. The van der Waals surface area contributed by atoms with Gasteiger partial charge in [-0.3, -0.25) is 9.59 Å². The van der Waals surface area contributed by atoms with Crippen LogP contribution in [0.15, 0.2) is 65.8 Å². The van der Waals surface area contributed by atoms with Gasteiger partial charge >= 0.3 is 0 Å². The summed E-state index contributed by atoms with van der Waals surface area (Å²) in [6.07, 6.45) is 3.01. The minimum Gasteiger partial charge on any atom is -0.359 e. The zero-order valence-corrected chi connectivity index (χ0v) is 15.1. The largest absolute Gasteiger partial charge is 0.359 e. The van der Waals surface area contributed by atoms with Crippen molar-refractivity contribution in [3.63, 3.8) is 0 Å². The number of aromatic amines is 1. The average Bonchev–Trinajstić information content (AvgIpc) is 3.02. The van der Waals surface area contributed by atoms with E-state index in [1.54, 1.807) is 37.5 Å². The maximum Gasteiger partial charge on any atom is 0.255 e. The first-order valence-corrected chi connectivity index (χ1v) is 8.37. The lowest BCUT2D eigenvalue weighted by Crippen LogP contribution is -2.23. The molecule has 0 aliphatic rings. The maximum atomic E-state index is 12.5. The van der Waals surface area contributed by atoms with E-state index < -0.39 is 0 Å². The minimum absolute atomic E-state index is 0.206. The third kappa shape index (κ3) is 3.49. The number of fused-ring (bicyclic) bond motifs is 1. The highest BCUT2D eigenvalue weighted by Gasteiger charge is 2.12. The van der Waals surface area contributed by atoms with E-state index in [0.29, 0.717) is 11.3 Å². The number of aromatic nitrogens is 1. The molecule has 2 N–H and O–H groups in total. The van der Waals surface area contributed by atoms with Crippen molar-refractivity contribution in [3.8, 4) is 0 Å². The lowest BCUT2D eigenvalue weighted by molar-refractivity contribution is -0.113. The number of hydrogen-bond acceptors (Lipinski definition) is 2. The van der Waals surface area contributed by atoms with Gasteiger partial charge in [-0.1, -0.05) is 22.5 Å². The fourth-order valence-electron chi connectivity index (χ4n) is 2.50. The molecule has 1 heterocycles. The van der Waals surface area contributed by atoms with Crippen molar-refractivity contribution in [1.29, 1.82) is 0 Å². The van der Waals surface area contributed by atoms with Gasteiger partial charge in [-0.15, -0.1) is 0 Å². The van der Waals surface area contributed by atoms with Crippen LogP contribution in [0.4, 0.5) is 11.4 Å². The number of hydrogen-bond donors (Lipinski definition) is 2. The second kappa shape index (κ2) is 6.94. The van der Waals surface area contributed by atoms with Crippen molar-refractivity contribution >= 4 is 50.0 Å². The Morgan fingerprint density at radius 3 is 2.60 bits per heavy atom. The smallest absolute Gasteiger partial charge is 0.255 e. The second-order valence-corrected chi connectivity index (χ2v) is 6.41. The number of carbonyl (C=O) groups excluding carboxylic acids is 2. The molecule has 0 saturated carbocycles. The van der Waals surface area contributed by atoms with Crippen LogP contribution in [0.2, 0.25) is 0 Å². The number of H-pyrrole nitrogens is 1. The van der Waals surface area contributed by atoms with Crippen LogP contribution in [-0.2, 0) is 4.79 Å². The minimum atomic E-state index is -0.215. The second-order valence-electron chi connectivity index (χ2n) is 5.49. The first-order chi connectivity index (χ1) is 12.0. The number of anilines is 2. The molecule has 0 aliphatic carbocycles. The summed E-state index contributed by atoms with van der Waals surface area (Å²) < 4.78 is 0.966. The first kappa shape index (κ1) is 17.0. The molecule has 6 heteroatoms. The first-order valence-electron chi connectivity index (χ1n) is 7.58. The molecule has 0 unspecified atom stereocenters. The molecular formula is C19H16BrN3O2. The number of likely N-dealkylation sites (N-methyl/N-ethyl adjacent to an activating group) is 1. The summed E-state index contributed by atoms with van der Waals surface area (Å²) >= 11 is 3.42. The Bertz CT molecular complexity index is 960. The number of amides is 2. The predicted octanol–water partition coefficient (Wildman–Crippen LogP) is 4.33. The number of nitrogens with zero attached hydrogens (tertiary/aromatic N) is 1. The molecule has 126 valence electrons. The SMILES string of the molecule is C=CC(=O)N(C)c1ccc(C(=O)Nc2c[nH]c3cc(Br)ccc23)cc1. The molecule has 5 nitrogen and oxygen atoms in total. The van der Waals surface area contributed by atoms with Gasteiger partial charge in [-0.05, 0) is 48.5 Å². The van der Waals surface area contributed by atoms with Gasteiger partial charge < -0.3 is 15.2 Å². The molecule has 0 saturated heterocycles. The molecule has 1 aromatic heterocycles. The topological polar surface area (TPSA) is 65.2 Å². The van der Waals surface area contributed by atoms with Crippen molar-refractivity contribution in [1.82, 2.24) is 4.98 Å². The summed E-state index contributed by atoms with van der Waals surface area (Å²) in [5, 5.41) is 3.84. The van der Waals surface area contributed by atoms with Gasteiger partial charge in [0.15, 0.2) is 0 Å². The number of rotatable bonds is 4. The van der Waals surface area contributed by atoms with E-state index in [1.165, 1.54) is 11.0 Å². The van der Waals surface area contributed by atoms with Gasteiger partial charge in [-0.2, -0.15) is 0 Å². The fraction of sp³-hybridized carbons (Fsp3) is 0.0526. The van der Waals surface area contributed by atoms with Gasteiger partial charge in [0.1, 0.15) is 0 Å². The standard InChI is InChI=1S/C19H16BrN3O2/c1-3-18(24)23(2)14-7-4-12(5-8-14)19(25)22-17-11-21-16-10-13(20)6-9-15(16)17/h3-11,21H,1H2,2H3,(H,22,25). The summed E-state index contributed by atoms with van der Waals surface area (Å²) in [5.74, 6) is -0.421. The van der Waals surface area contributed by atoms with Gasteiger partial charge in [0.25, 0.3) is 5.91 Å². The van der Waals surface area contributed by atoms with E-state index in [-0.39, 0.29) is 11.8 Å². The summed E-state index contributed by atoms with van der Waals surface area (Å²) in [7, 11) is 1.66. The molecule has 0 radical (unpaired) electrons. The van der Waals surface area contributed by atoms with Gasteiger partial charge in [0.2, 0.25) is 5.91 Å². The van der Waals surface area contributed by atoms with Crippen LogP contribution < -0.4 is 10.2 Å². The van der Waals surface area contributed by atoms with Crippen LogP contribution in [0.5, 0.6) is 0 Å². The van der Waals surface area contributed by atoms with Crippen LogP contribution in [0, 0.1) is 0 Å². The third-order valence-electron chi connectivity index (χ3n) is 3.91. The molecule has 0 aliphatic heterocycles. The van der Waals surface area contributed by atoms with Gasteiger partial charge in [0.05, 0.1) is 5.69 Å². The molecule has 3 rings (SSSR count). The van der Waals surface area contributed by atoms with E-state index in [2.05, 4.69) is 32.8 Å². The molecule has 0 spiro atoms. The number of carbonyl (C=O) groups is 2. The van der Waals surface area contributed by atoms with Crippen LogP contribution in [0.3, 0.4) is 0 Å². The quantitative estimate of drug-likeness (QED) is 0.643. The lowest BCUT2D eigenvalue weighted by atomic mass is 10.1. The normalized spacial score (nSPS) is 10.5. The van der Waals surface area contributed by atoms with Crippen molar-refractivity contribution in [2.45, 2.75) is 0 Å². The molecule has 2 aromatic carbocycles. The molecule has 3 aromatic rings. The highest BCUT2D eigenvalue weighted by molar-refractivity contribution is 9.10. The Hall–Kier alpha value is -2.86. The summed E-state index contributed by atoms with van der Waals surface area (Å²) in [6.45, 7) is 3.46. The summed E-state index contributed by atoms with van der Waals surface area (Å²) in [4.78, 5) is 28.7. The van der Waals surface area contributed by atoms with E-state index in [0.717, 1.165) is 21.1 Å². The zero-order valence-electron chi connectivity index (χ0n) is 13.5. The Balaban J connectivity index is 1.79. The number of nitrogens with one attached hydrogen (secondary N) is 2. The predicted molar refractivity (Wildman–Crippen MR) is 104 cm³/mol. The van der Waals surface area contributed by atoms with Crippen molar-refractivity contribution in [3.05, 3.63) is 71.4 Å². The summed E-state index contributed by atoms with van der Waals surface area (Å²) in [6, 6.07) is 12.6. The van der Waals surface area contributed by atoms with Crippen LogP contribution in [-0.4, -0.2) is 23.8 Å². The summed E-state index contributed by atoms with van der Waals surface area (Å²) in [5.41, 5.74) is 2.85. The Morgan fingerprint density at radius 1 is 1.20 bits per heavy atom. The van der Waals surface area contributed by atoms with Gasteiger partial charge in [0, 0.05) is 39.9 Å². The maximum absolute atomic E-state index is 12.5. The number of halogens is 1. The van der Waals surface area contributed by atoms with Crippen molar-refractivity contribution in [2.24, 2.45) is 0 Å². The van der Waals surface area contributed by atoms with E-state index in [4.69, 9.17) is 0 Å². The van der Waals surface area contributed by atoms with Crippen LogP contribution in [0.25, 0.3) is 10.9 Å². The molecular weight excluding hydrogens is 382 g/mol. The van der Waals surface area contributed by atoms with E-state index in [9.17, 15) is 9.59 Å². The third-order valence-corrected chi connectivity index (χ3v) is 4.41. The molecule has 25 heavy (non-hydrogen) atoms. The van der Waals surface area contributed by atoms with E-state index >= 15 is 0 Å². The van der Waals surface area contributed by atoms with Crippen LogP contribution in [0.1, 0.15) is 10.4 Å². The highest BCUT2D eigenvalue weighted by atomic mass is 79.9. The highest BCUT2D eigenvalue weighted by Crippen LogP contribution is 2.26. The Kier molecular flexibility index (Phi) is 4.72. The molecule has 0 fully saturated rings. The molecule has 0 atom stereocenters. The van der Waals surface area contributed by atoms with Crippen molar-refractivity contribution < 1.29 is 9.59 Å². The van der Waals surface area contributed by atoms with E-state index in [1.807, 2.05) is 18.2 Å². The lowest BCUT2D eigenvalue weighted by Gasteiger charge is -2.15. The average molecular weight is 398 g/mol. The fourth-order valence-corrected chi connectivity index (χ4v) is 2.86. The zero-order chi connectivity index (χ0) is 18.0. The Labute approximate surface area is 153 Å². The van der Waals surface area contributed by atoms with Crippen LogP contribution >= 0.6 is 15.9 Å². The van der Waals surface area contributed by atoms with Crippen molar-refractivity contribution in [2.75, 3.05) is 17.3 Å². The monoisotopic (exact) mass is 397 g/mol. The molecule has 0 bridgehead atoms.